The molecular weight excluding hydrogens is 368 g/mol. The number of amides is 2. The highest BCUT2D eigenvalue weighted by molar-refractivity contribution is 7.10. The Hall–Kier alpha value is -2.92. The number of piperazine rings is 1. The Morgan fingerprint density at radius 1 is 0.893 bits per heavy atom. The van der Waals surface area contributed by atoms with Crippen molar-refractivity contribution in [3.05, 3.63) is 81.5 Å². The van der Waals surface area contributed by atoms with Gasteiger partial charge in [0.15, 0.2) is 6.04 Å². The first kappa shape index (κ1) is 18.4. The molecule has 0 radical (unpaired) electrons. The maximum absolute atomic E-state index is 13.7. The van der Waals surface area contributed by atoms with Crippen molar-refractivity contribution in [3.8, 4) is 0 Å². The second-order valence-corrected chi connectivity index (χ2v) is 8.16. The van der Waals surface area contributed by atoms with E-state index in [0.29, 0.717) is 0 Å². The zero-order valence-corrected chi connectivity index (χ0v) is 17.0. The molecule has 0 unspecified atom stereocenters. The van der Waals surface area contributed by atoms with Crippen molar-refractivity contribution in [2.24, 2.45) is 0 Å². The standard InChI is InChI=1S/C23H22N2O2S/c1-15-9-11-18(12-10-15)25-20(26)14-24(21-16(2)6-4-7-17(21)3)23(27)22(25)19-8-5-13-28-19/h4-13,22H,14H2,1-3H3/t22-/m1/s1. The van der Waals surface area contributed by atoms with Gasteiger partial charge < -0.3 is 4.90 Å². The molecule has 142 valence electrons. The summed E-state index contributed by atoms with van der Waals surface area (Å²) in [6.07, 6.45) is 0. The quantitative estimate of drug-likeness (QED) is 0.645. The van der Waals surface area contributed by atoms with E-state index in [1.165, 1.54) is 11.3 Å². The molecule has 1 aliphatic rings. The minimum Gasteiger partial charge on any atom is -0.300 e. The monoisotopic (exact) mass is 390 g/mol. The molecule has 2 aromatic carbocycles. The number of anilines is 2. The average Bonchev–Trinajstić information content (AvgIpc) is 3.19. The van der Waals surface area contributed by atoms with Crippen LogP contribution in [-0.2, 0) is 9.59 Å². The number of carbonyl (C=O) groups excluding carboxylic acids is 2. The first-order valence-corrected chi connectivity index (χ1v) is 10.1. The number of hydrogen-bond donors (Lipinski definition) is 0. The first-order valence-electron chi connectivity index (χ1n) is 9.27. The van der Waals surface area contributed by atoms with Crippen molar-refractivity contribution in [1.29, 1.82) is 0 Å². The number of rotatable bonds is 3. The van der Waals surface area contributed by atoms with Crippen LogP contribution in [0.4, 0.5) is 11.4 Å². The van der Waals surface area contributed by atoms with Gasteiger partial charge in [-0.2, -0.15) is 0 Å². The summed E-state index contributed by atoms with van der Waals surface area (Å²) in [4.78, 5) is 31.1. The van der Waals surface area contributed by atoms with E-state index >= 15 is 0 Å². The van der Waals surface area contributed by atoms with Gasteiger partial charge in [-0.25, -0.2) is 0 Å². The van der Waals surface area contributed by atoms with Gasteiger partial charge in [0, 0.05) is 10.6 Å². The van der Waals surface area contributed by atoms with Crippen molar-refractivity contribution in [3.63, 3.8) is 0 Å². The highest BCUT2D eigenvalue weighted by Gasteiger charge is 2.43. The Morgan fingerprint density at radius 3 is 2.18 bits per heavy atom. The molecule has 3 aromatic rings. The highest BCUT2D eigenvalue weighted by Crippen LogP contribution is 2.38. The predicted molar refractivity (Wildman–Crippen MR) is 114 cm³/mol. The number of benzene rings is 2. The fourth-order valence-corrected chi connectivity index (χ4v) is 4.61. The number of hydrogen-bond acceptors (Lipinski definition) is 3. The van der Waals surface area contributed by atoms with Crippen LogP contribution in [0, 0.1) is 20.8 Å². The van der Waals surface area contributed by atoms with Crippen molar-refractivity contribution < 1.29 is 9.59 Å². The van der Waals surface area contributed by atoms with Gasteiger partial charge in [-0.3, -0.25) is 14.5 Å². The fourth-order valence-electron chi connectivity index (χ4n) is 3.81. The Kier molecular flexibility index (Phi) is 4.77. The predicted octanol–water partition coefficient (Wildman–Crippen LogP) is 4.79. The Morgan fingerprint density at radius 2 is 1.57 bits per heavy atom. The van der Waals surface area contributed by atoms with Crippen LogP contribution in [0.3, 0.4) is 0 Å². The lowest BCUT2D eigenvalue weighted by atomic mass is 10.0. The van der Waals surface area contributed by atoms with Crippen LogP contribution in [0.2, 0.25) is 0 Å². The van der Waals surface area contributed by atoms with Gasteiger partial charge in [-0.05, 0) is 55.5 Å². The zero-order valence-electron chi connectivity index (χ0n) is 16.2. The smallest absolute Gasteiger partial charge is 0.256 e. The summed E-state index contributed by atoms with van der Waals surface area (Å²) in [6, 6.07) is 16.9. The minimum absolute atomic E-state index is 0.0419. The number of nitrogens with zero attached hydrogens (tertiary/aromatic N) is 2. The summed E-state index contributed by atoms with van der Waals surface area (Å²) in [5, 5.41) is 1.94. The molecule has 1 fully saturated rings. The third-order valence-electron chi connectivity index (χ3n) is 5.15. The van der Waals surface area contributed by atoms with E-state index in [4.69, 9.17) is 0 Å². The number of aryl methyl sites for hydroxylation is 3. The molecule has 1 saturated heterocycles. The van der Waals surface area contributed by atoms with Crippen LogP contribution in [0.25, 0.3) is 0 Å². The molecule has 0 bridgehead atoms. The van der Waals surface area contributed by atoms with Crippen LogP contribution in [0.1, 0.15) is 27.6 Å². The van der Waals surface area contributed by atoms with Crippen LogP contribution in [0.5, 0.6) is 0 Å². The maximum atomic E-state index is 13.7. The SMILES string of the molecule is Cc1ccc(N2C(=O)CN(c3c(C)cccc3C)C(=O)[C@H]2c2cccs2)cc1. The van der Waals surface area contributed by atoms with Gasteiger partial charge in [-0.1, -0.05) is 42.0 Å². The molecule has 2 amide bonds. The van der Waals surface area contributed by atoms with Gasteiger partial charge in [-0.15, -0.1) is 11.3 Å². The van der Waals surface area contributed by atoms with E-state index in [1.54, 1.807) is 9.80 Å². The lowest BCUT2D eigenvalue weighted by Crippen LogP contribution is -2.56. The van der Waals surface area contributed by atoms with Crippen LogP contribution < -0.4 is 9.80 Å². The fraction of sp³-hybridized carbons (Fsp3) is 0.217. The minimum atomic E-state index is -0.650. The number of carbonyl (C=O) groups is 2. The largest absolute Gasteiger partial charge is 0.300 e. The molecular formula is C23H22N2O2S. The third kappa shape index (κ3) is 3.12. The number of thiophene rings is 1. The van der Waals surface area contributed by atoms with Gasteiger partial charge in [0.05, 0.1) is 5.69 Å². The van der Waals surface area contributed by atoms with Crippen LogP contribution in [-0.4, -0.2) is 18.4 Å². The van der Waals surface area contributed by atoms with Crippen LogP contribution >= 0.6 is 11.3 Å². The molecule has 0 aliphatic carbocycles. The molecule has 0 saturated carbocycles. The second-order valence-electron chi connectivity index (χ2n) is 7.18. The van der Waals surface area contributed by atoms with Crippen molar-refractivity contribution in [2.75, 3.05) is 16.3 Å². The summed E-state index contributed by atoms with van der Waals surface area (Å²) < 4.78 is 0. The molecule has 1 aliphatic heterocycles. The molecule has 0 N–H and O–H groups in total. The van der Waals surface area contributed by atoms with E-state index in [1.807, 2.05) is 80.7 Å². The molecule has 5 heteroatoms. The van der Waals surface area contributed by atoms with Gasteiger partial charge >= 0.3 is 0 Å². The topological polar surface area (TPSA) is 40.6 Å². The molecule has 1 atom stereocenters. The highest BCUT2D eigenvalue weighted by atomic mass is 32.1. The summed E-state index contributed by atoms with van der Waals surface area (Å²) in [6.45, 7) is 6.01. The molecule has 1 aromatic heterocycles. The van der Waals surface area contributed by atoms with Crippen molar-refractivity contribution in [1.82, 2.24) is 0 Å². The molecule has 2 heterocycles. The normalized spacial score (nSPS) is 17.3. The Balaban J connectivity index is 1.83. The Bertz CT molecular complexity index is 1010. The third-order valence-corrected chi connectivity index (χ3v) is 6.08. The number of para-hydroxylation sites is 1. The lowest BCUT2D eigenvalue weighted by Gasteiger charge is -2.40. The van der Waals surface area contributed by atoms with Gasteiger partial charge in [0.2, 0.25) is 5.91 Å². The molecule has 0 spiro atoms. The van der Waals surface area contributed by atoms with E-state index in [0.717, 1.165) is 32.9 Å². The summed E-state index contributed by atoms with van der Waals surface area (Å²) in [5.74, 6) is -0.149. The Labute approximate surface area is 169 Å². The van der Waals surface area contributed by atoms with E-state index in [9.17, 15) is 9.59 Å². The molecule has 28 heavy (non-hydrogen) atoms. The average molecular weight is 391 g/mol. The first-order chi connectivity index (χ1) is 13.5. The van der Waals surface area contributed by atoms with E-state index < -0.39 is 6.04 Å². The van der Waals surface area contributed by atoms with Gasteiger partial charge in [0.1, 0.15) is 6.54 Å². The van der Waals surface area contributed by atoms with Crippen LogP contribution in [0.15, 0.2) is 60.0 Å². The molecule has 4 nitrogen and oxygen atoms in total. The zero-order chi connectivity index (χ0) is 19.8. The summed E-state index contributed by atoms with van der Waals surface area (Å²) in [5.41, 5.74) is 4.70. The summed E-state index contributed by atoms with van der Waals surface area (Å²) in [7, 11) is 0. The maximum Gasteiger partial charge on any atom is 0.256 e. The summed E-state index contributed by atoms with van der Waals surface area (Å²) >= 11 is 1.50. The van der Waals surface area contributed by atoms with Gasteiger partial charge in [0.25, 0.3) is 5.91 Å². The van der Waals surface area contributed by atoms with E-state index in [2.05, 4.69) is 0 Å². The lowest BCUT2D eigenvalue weighted by molar-refractivity contribution is -0.128. The van der Waals surface area contributed by atoms with Crippen molar-refractivity contribution in [2.45, 2.75) is 26.8 Å². The van der Waals surface area contributed by atoms with Crippen molar-refractivity contribution >= 4 is 34.5 Å². The second kappa shape index (κ2) is 7.24. The molecule has 4 rings (SSSR count). The van der Waals surface area contributed by atoms with E-state index in [-0.39, 0.29) is 18.4 Å².